The minimum atomic E-state index is -0.955. The summed E-state index contributed by atoms with van der Waals surface area (Å²) in [5.41, 5.74) is -0.963. The molecule has 11 heteroatoms. The lowest BCUT2D eigenvalue weighted by Crippen LogP contribution is -2.28. The van der Waals surface area contributed by atoms with Crippen molar-refractivity contribution in [2.45, 2.75) is 13.5 Å². The van der Waals surface area contributed by atoms with Gasteiger partial charge in [0, 0.05) is 11.6 Å². The second-order valence-electron chi connectivity index (χ2n) is 5.96. The van der Waals surface area contributed by atoms with Crippen molar-refractivity contribution in [2.24, 2.45) is 0 Å². The molecule has 156 valence electrons. The molecule has 0 aromatic heterocycles. The summed E-state index contributed by atoms with van der Waals surface area (Å²) in [6.07, 6.45) is 0.142. The summed E-state index contributed by atoms with van der Waals surface area (Å²) in [5, 5.41) is 24.5. The number of carbonyl (C=O) groups excluding carboxylic acids is 2. The van der Waals surface area contributed by atoms with Gasteiger partial charge in [-0.25, -0.2) is 9.59 Å². The Kier molecular flexibility index (Phi) is 7.17. The second kappa shape index (κ2) is 9.78. The van der Waals surface area contributed by atoms with Gasteiger partial charge in [-0.1, -0.05) is 30.3 Å². The number of aryl methyl sites for hydroxylation is 1. The minimum absolute atomic E-state index is 0.0105. The Bertz CT molecular complexity index is 1020. The molecule has 2 aromatic carbocycles. The number of nitro groups is 2. The average molecular weight is 415 g/mol. The van der Waals surface area contributed by atoms with Crippen LogP contribution in [0.2, 0.25) is 0 Å². The highest BCUT2D eigenvalue weighted by Crippen LogP contribution is 2.32. The SMILES string of the molecule is COC(=O)C(=Cc1cc(C)c([N+](=O)[O-])c([N+](=O)[O-])c1)NC(=O)OCc1ccccc1. The normalized spacial score (nSPS) is 10.8. The van der Waals surface area contributed by atoms with E-state index in [0.717, 1.165) is 24.8 Å². The Balaban J connectivity index is 2.30. The molecule has 0 bridgehead atoms. The van der Waals surface area contributed by atoms with Crippen LogP contribution in [0.1, 0.15) is 16.7 Å². The first-order valence-corrected chi connectivity index (χ1v) is 8.44. The number of carbonyl (C=O) groups is 2. The summed E-state index contributed by atoms with van der Waals surface area (Å²) in [6.45, 7) is 1.27. The third-order valence-electron chi connectivity index (χ3n) is 3.85. The van der Waals surface area contributed by atoms with Crippen molar-refractivity contribution >= 4 is 29.5 Å². The van der Waals surface area contributed by atoms with Gasteiger partial charge in [0.25, 0.3) is 0 Å². The fraction of sp³-hybridized carbons (Fsp3) is 0.158. The van der Waals surface area contributed by atoms with E-state index >= 15 is 0 Å². The third-order valence-corrected chi connectivity index (χ3v) is 3.85. The molecular weight excluding hydrogens is 398 g/mol. The molecule has 0 atom stereocenters. The van der Waals surface area contributed by atoms with E-state index in [0.29, 0.717) is 0 Å². The summed E-state index contributed by atoms with van der Waals surface area (Å²) < 4.78 is 9.63. The molecule has 0 aliphatic heterocycles. The van der Waals surface area contributed by atoms with E-state index in [1.165, 1.54) is 13.0 Å². The number of amides is 1. The van der Waals surface area contributed by atoms with E-state index in [9.17, 15) is 29.8 Å². The van der Waals surface area contributed by atoms with Crippen molar-refractivity contribution in [1.29, 1.82) is 0 Å². The molecule has 0 saturated heterocycles. The van der Waals surface area contributed by atoms with E-state index in [1.807, 2.05) is 0 Å². The van der Waals surface area contributed by atoms with Gasteiger partial charge >= 0.3 is 23.4 Å². The largest absolute Gasteiger partial charge is 0.464 e. The number of methoxy groups -OCH3 is 1. The number of ether oxygens (including phenoxy) is 2. The van der Waals surface area contributed by atoms with Crippen LogP contribution in [0.25, 0.3) is 6.08 Å². The van der Waals surface area contributed by atoms with E-state index in [1.54, 1.807) is 30.3 Å². The molecule has 0 aliphatic carbocycles. The Morgan fingerprint density at radius 3 is 2.33 bits per heavy atom. The van der Waals surface area contributed by atoms with Crippen LogP contribution in [0.3, 0.4) is 0 Å². The first-order valence-electron chi connectivity index (χ1n) is 8.44. The van der Waals surface area contributed by atoms with Crippen LogP contribution in [0.4, 0.5) is 16.2 Å². The van der Waals surface area contributed by atoms with Crippen LogP contribution in [0.15, 0.2) is 48.2 Å². The van der Waals surface area contributed by atoms with Crippen LogP contribution >= 0.6 is 0 Å². The molecule has 0 spiro atoms. The van der Waals surface area contributed by atoms with Gasteiger partial charge in [-0.15, -0.1) is 0 Å². The van der Waals surface area contributed by atoms with Crippen LogP contribution < -0.4 is 5.32 Å². The van der Waals surface area contributed by atoms with Gasteiger partial charge in [-0.05, 0) is 30.2 Å². The van der Waals surface area contributed by atoms with Crippen molar-refractivity contribution in [3.8, 4) is 0 Å². The third kappa shape index (κ3) is 5.61. The second-order valence-corrected chi connectivity index (χ2v) is 5.96. The van der Waals surface area contributed by atoms with Crippen molar-refractivity contribution < 1.29 is 28.9 Å². The van der Waals surface area contributed by atoms with Gasteiger partial charge in [0.15, 0.2) is 0 Å². The smallest absolute Gasteiger partial charge is 0.412 e. The molecule has 2 aromatic rings. The summed E-state index contributed by atoms with van der Waals surface area (Å²) >= 11 is 0. The van der Waals surface area contributed by atoms with Crippen LogP contribution in [0.5, 0.6) is 0 Å². The van der Waals surface area contributed by atoms with Crippen molar-refractivity contribution in [2.75, 3.05) is 7.11 Å². The van der Waals surface area contributed by atoms with Gasteiger partial charge in [0.05, 0.1) is 17.0 Å². The van der Waals surface area contributed by atoms with Crippen LogP contribution in [0, 0.1) is 27.2 Å². The van der Waals surface area contributed by atoms with Gasteiger partial charge in [0.1, 0.15) is 12.3 Å². The van der Waals surface area contributed by atoms with Crippen molar-refractivity contribution in [3.05, 3.63) is 85.1 Å². The lowest BCUT2D eigenvalue weighted by Gasteiger charge is -2.10. The number of benzene rings is 2. The van der Waals surface area contributed by atoms with Crippen molar-refractivity contribution in [1.82, 2.24) is 5.32 Å². The summed E-state index contributed by atoms with van der Waals surface area (Å²) in [6, 6.07) is 11.0. The summed E-state index contributed by atoms with van der Waals surface area (Å²) in [5.74, 6) is -0.940. The zero-order chi connectivity index (χ0) is 22.3. The molecule has 0 aliphatic rings. The van der Waals surface area contributed by atoms with Gasteiger partial charge in [-0.3, -0.25) is 25.5 Å². The monoisotopic (exact) mass is 415 g/mol. The topological polar surface area (TPSA) is 151 Å². The Labute approximate surface area is 170 Å². The molecule has 1 amide bonds. The number of hydrogen-bond acceptors (Lipinski definition) is 8. The molecular formula is C19H17N3O8. The number of esters is 1. The van der Waals surface area contributed by atoms with E-state index < -0.39 is 33.3 Å². The van der Waals surface area contributed by atoms with Crippen LogP contribution in [-0.4, -0.2) is 29.0 Å². The number of alkyl carbamates (subject to hydrolysis) is 1. The molecule has 2 rings (SSSR count). The highest BCUT2D eigenvalue weighted by molar-refractivity contribution is 5.96. The van der Waals surface area contributed by atoms with E-state index in [2.05, 4.69) is 10.1 Å². The van der Waals surface area contributed by atoms with E-state index in [4.69, 9.17) is 4.74 Å². The number of nitrogens with one attached hydrogen (secondary N) is 1. The lowest BCUT2D eigenvalue weighted by molar-refractivity contribution is -0.422. The molecule has 11 nitrogen and oxygen atoms in total. The molecule has 0 fully saturated rings. The minimum Gasteiger partial charge on any atom is -0.464 e. The number of nitro benzene ring substituents is 2. The quantitative estimate of drug-likeness (QED) is 0.313. The molecule has 0 heterocycles. The lowest BCUT2D eigenvalue weighted by atomic mass is 10.1. The molecule has 30 heavy (non-hydrogen) atoms. The van der Waals surface area contributed by atoms with E-state index in [-0.39, 0.29) is 23.4 Å². The molecule has 0 saturated carbocycles. The molecule has 1 N–H and O–H groups in total. The first-order chi connectivity index (χ1) is 14.2. The highest BCUT2D eigenvalue weighted by atomic mass is 16.6. The predicted molar refractivity (Wildman–Crippen MR) is 104 cm³/mol. The van der Waals surface area contributed by atoms with Gasteiger partial charge in [0.2, 0.25) is 0 Å². The zero-order valence-corrected chi connectivity index (χ0v) is 16.0. The maximum atomic E-state index is 12.0. The maximum Gasteiger partial charge on any atom is 0.412 e. The average Bonchev–Trinajstić information content (AvgIpc) is 2.71. The fourth-order valence-corrected chi connectivity index (χ4v) is 2.54. The molecule has 0 unspecified atom stereocenters. The summed E-state index contributed by atoms with van der Waals surface area (Å²) in [4.78, 5) is 44.6. The molecule has 0 radical (unpaired) electrons. The Morgan fingerprint density at radius 2 is 1.77 bits per heavy atom. The Hall–Kier alpha value is -4.28. The van der Waals surface area contributed by atoms with Crippen molar-refractivity contribution in [3.63, 3.8) is 0 Å². The Morgan fingerprint density at radius 1 is 1.10 bits per heavy atom. The fourth-order valence-electron chi connectivity index (χ4n) is 2.54. The van der Waals surface area contributed by atoms with Gasteiger partial charge in [-0.2, -0.15) is 0 Å². The van der Waals surface area contributed by atoms with Gasteiger partial charge < -0.3 is 9.47 Å². The van der Waals surface area contributed by atoms with Crippen LogP contribution in [-0.2, 0) is 20.9 Å². The maximum absolute atomic E-state index is 12.0. The summed E-state index contributed by atoms with van der Waals surface area (Å²) in [7, 11) is 1.08. The number of hydrogen-bond donors (Lipinski definition) is 1. The number of nitrogens with zero attached hydrogens (tertiary/aromatic N) is 2. The zero-order valence-electron chi connectivity index (χ0n) is 16.0. The standard InChI is InChI=1S/C19H17N3O8/c1-12-8-14(10-16(21(25)26)17(12)22(27)28)9-15(18(23)29-2)20-19(24)30-11-13-6-4-3-5-7-13/h3-10H,11H2,1-2H3,(H,20,24). The number of rotatable bonds is 7. The highest BCUT2D eigenvalue weighted by Gasteiger charge is 2.27. The predicted octanol–water partition coefficient (Wildman–Crippen LogP) is 3.25. The first kappa shape index (κ1) is 22.0.